The zero-order valence-electron chi connectivity index (χ0n) is 12.8. The molecule has 1 amide bonds. The molecule has 0 aromatic heterocycles. The molecule has 0 radical (unpaired) electrons. The molecule has 3 N–H and O–H groups in total. The molecule has 0 bridgehead atoms. The molecule has 1 aliphatic heterocycles. The Balaban J connectivity index is 2.08. The lowest BCUT2D eigenvalue weighted by atomic mass is 9.97. The van der Waals surface area contributed by atoms with Gasteiger partial charge in [0.1, 0.15) is 0 Å². The zero-order valence-corrected chi connectivity index (χ0v) is 12.8. The maximum atomic E-state index is 11.5. The summed E-state index contributed by atoms with van der Waals surface area (Å²) in [5.74, 6) is -0.529. The van der Waals surface area contributed by atoms with Crippen LogP contribution in [-0.2, 0) is 11.2 Å². The van der Waals surface area contributed by atoms with Crippen molar-refractivity contribution in [2.45, 2.75) is 32.7 Å². The summed E-state index contributed by atoms with van der Waals surface area (Å²) in [5, 5.41) is 12.1. The third-order valence-electron chi connectivity index (χ3n) is 4.21. The number of aryl methyl sites for hydroxylation is 1. The highest BCUT2D eigenvalue weighted by molar-refractivity contribution is 5.77. The zero-order chi connectivity index (χ0) is 15.2. The Labute approximate surface area is 126 Å². The Kier molecular flexibility index (Phi) is 5.59. The van der Waals surface area contributed by atoms with Gasteiger partial charge in [0, 0.05) is 37.3 Å². The lowest BCUT2D eigenvalue weighted by Gasteiger charge is -2.39. The summed E-state index contributed by atoms with van der Waals surface area (Å²) < 4.78 is 0. The molecule has 0 aliphatic carbocycles. The van der Waals surface area contributed by atoms with Crippen LogP contribution in [0.15, 0.2) is 24.3 Å². The smallest absolute Gasteiger partial charge is 0.246 e. The maximum absolute atomic E-state index is 11.5. The number of benzene rings is 1. The summed E-state index contributed by atoms with van der Waals surface area (Å²) in [4.78, 5) is 13.9. The van der Waals surface area contributed by atoms with Gasteiger partial charge in [-0.2, -0.15) is 0 Å². The summed E-state index contributed by atoms with van der Waals surface area (Å²) in [5.41, 5.74) is 4.28. The lowest BCUT2D eigenvalue weighted by molar-refractivity contribution is -0.133. The van der Waals surface area contributed by atoms with Gasteiger partial charge in [0.15, 0.2) is 0 Å². The highest BCUT2D eigenvalue weighted by atomic mass is 16.5. The fourth-order valence-corrected chi connectivity index (χ4v) is 2.86. The number of hydrogen-bond donors (Lipinski definition) is 3. The number of hydrogen-bond acceptors (Lipinski definition) is 4. The Morgan fingerprint density at radius 3 is 2.81 bits per heavy atom. The van der Waals surface area contributed by atoms with Crippen LogP contribution in [0.3, 0.4) is 0 Å². The Bertz CT molecular complexity index is 461. The summed E-state index contributed by atoms with van der Waals surface area (Å²) in [6, 6.07) is 8.91. The van der Waals surface area contributed by atoms with Gasteiger partial charge in [0.05, 0.1) is 0 Å². The van der Waals surface area contributed by atoms with Gasteiger partial charge >= 0.3 is 0 Å². The number of hydroxylamine groups is 1. The molecular weight excluding hydrogens is 266 g/mol. The SMILES string of the molecule is CCc1ccc(N2CCNCC2CC(C)C(=O)NO)cc1. The van der Waals surface area contributed by atoms with Crippen LogP contribution >= 0.6 is 0 Å². The van der Waals surface area contributed by atoms with Gasteiger partial charge in [0.2, 0.25) is 5.91 Å². The van der Waals surface area contributed by atoms with E-state index in [0.717, 1.165) is 32.5 Å². The van der Waals surface area contributed by atoms with Gasteiger partial charge in [-0.15, -0.1) is 0 Å². The van der Waals surface area contributed by atoms with E-state index in [2.05, 4.69) is 41.4 Å². The number of rotatable bonds is 5. The molecule has 2 rings (SSSR count). The van der Waals surface area contributed by atoms with Crippen molar-refractivity contribution in [3.05, 3.63) is 29.8 Å². The van der Waals surface area contributed by atoms with Gasteiger partial charge in [0.25, 0.3) is 0 Å². The van der Waals surface area contributed by atoms with E-state index >= 15 is 0 Å². The molecule has 1 saturated heterocycles. The van der Waals surface area contributed by atoms with Crippen LogP contribution in [0.4, 0.5) is 5.69 Å². The fraction of sp³-hybridized carbons (Fsp3) is 0.562. The first kappa shape index (κ1) is 15.8. The molecule has 1 heterocycles. The Morgan fingerprint density at radius 2 is 2.19 bits per heavy atom. The van der Waals surface area contributed by atoms with Crippen LogP contribution in [0, 0.1) is 5.92 Å². The van der Waals surface area contributed by atoms with Crippen molar-refractivity contribution in [1.29, 1.82) is 0 Å². The normalized spacial score (nSPS) is 20.1. The fourth-order valence-electron chi connectivity index (χ4n) is 2.86. The number of anilines is 1. The summed E-state index contributed by atoms with van der Waals surface area (Å²) in [6.45, 7) is 6.74. The van der Waals surface area contributed by atoms with Crippen LogP contribution in [0.1, 0.15) is 25.8 Å². The van der Waals surface area contributed by atoms with Gasteiger partial charge < -0.3 is 10.2 Å². The summed E-state index contributed by atoms with van der Waals surface area (Å²) >= 11 is 0. The molecule has 21 heavy (non-hydrogen) atoms. The second-order valence-electron chi connectivity index (χ2n) is 5.68. The predicted molar refractivity (Wildman–Crippen MR) is 83.5 cm³/mol. The minimum Gasteiger partial charge on any atom is -0.366 e. The van der Waals surface area contributed by atoms with E-state index in [1.807, 2.05) is 6.92 Å². The molecule has 116 valence electrons. The molecule has 2 atom stereocenters. The van der Waals surface area contributed by atoms with E-state index in [4.69, 9.17) is 5.21 Å². The predicted octanol–water partition coefficient (Wildman–Crippen LogP) is 1.56. The Morgan fingerprint density at radius 1 is 1.48 bits per heavy atom. The van der Waals surface area contributed by atoms with Crippen molar-refractivity contribution < 1.29 is 10.0 Å². The van der Waals surface area contributed by atoms with Crippen molar-refractivity contribution in [2.24, 2.45) is 5.92 Å². The topological polar surface area (TPSA) is 64.6 Å². The Hall–Kier alpha value is -1.59. The third kappa shape index (κ3) is 3.95. The molecule has 0 saturated carbocycles. The van der Waals surface area contributed by atoms with Gasteiger partial charge in [-0.05, 0) is 30.5 Å². The number of carbonyl (C=O) groups is 1. The number of nitrogens with one attached hydrogen (secondary N) is 2. The minimum absolute atomic E-state index is 0.211. The largest absolute Gasteiger partial charge is 0.366 e. The number of amides is 1. The van der Waals surface area contributed by atoms with Crippen molar-refractivity contribution in [3.8, 4) is 0 Å². The molecule has 1 aromatic rings. The molecule has 1 fully saturated rings. The maximum Gasteiger partial charge on any atom is 0.246 e. The standard InChI is InChI=1S/C16H25N3O2/c1-3-13-4-6-14(7-5-13)19-9-8-17-11-15(19)10-12(2)16(20)18-21/h4-7,12,15,17,21H,3,8-11H2,1-2H3,(H,18,20). The van der Waals surface area contributed by atoms with E-state index in [1.54, 1.807) is 5.48 Å². The molecule has 5 heteroatoms. The number of carbonyl (C=O) groups excluding carboxylic acids is 1. The van der Waals surface area contributed by atoms with E-state index in [0.29, 0.717) is 0 Å². The van der Waals surface area contributed by atoms with Gasteiger partial charge in [-0.3, -0.25) is 10.0 Å². The second kappa shape index (κ2) is 7.43. The molecule has 1 aliphatic rings. The van der Waals surface area contributed by atoms with Gasteiger partial charge in [-0.25, -0.2) is 5.48 Å². The average molecular weight is 291 g/mol. The first-order valence-electron chi connectivity index (χ1n) is 7.66. The minimum atomic E-state index is -0.318. The highest BCUT2D eigenvalue weighted by Crippen LogP contribution is 2.23. The van der Waals surface area contributed by atoms with E-state index in [9.17, 15) is 4.79 Å². The molecular formula is C16H25N3O2. The van der Waals surface area contributed by atoms with Crippen LogP contribution in [-0.4, -0.2) is 36.8 Å². The van der Waals surface area contributed by atoms with E-state index < -0.39 is 0 Å². The van der Waals surface area contributed by atoms with Crippen LogP contribution in [0.5, 0.6) is 0 Å². The quantitative estimate of drug-likeness (QED) is 0.569. The molecule has 0 spiro atoms. The molecule has 1 aromatic carbocycles. The van der Waals surface area contributed by atoms with Crippen molar-refractivity contribution in [3.63, 3.8) is 0 Å². The van der Waals surface area contributed by atoms with Crippen molar-refractivity contribution in [2.75, 3.05) is 24.5 Å². The first-order chi connectivity index (χ1) is 10.2. The van der Waals surface area contributed by atoms with Crippen LogP contribution in [0.25, 0.3) is 0 Å². The third-order valence-corrected chi connectivity index (χ3v) is 4.21. The molecule has 2 unspecified atom stereocenters. The van der Waals surface area contributed by atoms with Crippen molar-refractivity contribution in [1.82, 2.24) is 10.8 Å². The van der Waals surface area contributed by atoms with Crippen LogP contribution < -0.4 is 15.7 Å². The summed E-state index contributed by atoms with van der Waals surface area (Å²) in [7, 11) is 0. The van der Waals surface area contributed by atoms with E-state index in [-0.39, 0.29) is 17.9 Å². The van der Waals surface area contributed by atoms with Crippen molar-refractivity contribution >= 4 is 11.6 Å². The highest BCUT2D eigenvalue weighted by Gasteiger charge is 2.26. The van der Waals surface area contributed by atoms with Gasteiger partial charge in [-0.1, -0.05) is 26.0 Å². The lowest BCUT2D eigenvalue weighted by Crippen LogP contribution is -2.52. The monoisotopic (exact) mass is 291 g/mol. The van der Waals surface area contributed by atoms with Crippen LogP contribution in [0.2, 0.25) is 0 Å². The average Bonchev–Trinajstić information content (AvgIpc) is 2.54. The molecule has 5 nitrogen and oxygen atoms in total. The first-order valence-corrected chi connectivity index (χ1v) is 7.66. The number of piperazine rings is 1. The second-order valence-corrected chi connectivity index (χ2v) is 5.68. The number of nitrogens with zero attached hydrogens (tertiary/aromatic N) is 1. The van der Waals surface area contributed by atoms with E-state index in [1.165, 1.54) is 11.3 Å². The summed E-state index contributed by atoms with van der Waals surface area (Å²) in [6.07, 6.45) is 1.76.